The molecule has 1 heterocycles. The van der Waals surface area contributed by atoms with E-state index in [1.807, 2.05) is 17.9 Å². The summed E-state index contributed by atoms with van der Waals surface area (Å²) in [5.74, 6) is 0.553. The van der Waals surface area contributed by atoms with Crippen LogP contribution in [0, 0.1) is 0 Å². The van der Waals surface area contributed by atoms with E-state index in [2.05, 4.69) is 11.8 Å². The molecule has 5 nitrogen and oxygen atoms in total. The van der Waals surface area contributed by atoms with Crippen LogP contribution in [-0.2, 0) is 0 Å². The van der Waals surface area contributed by atoms with E-state index in [4.69, 9.17) is 10.5 Å². The van der Waals surface area contributed by atoms with Crippen LogP contribution in [0.15, 0.2) is 18.2 Å². The van der Waals surface area contributed by atoms with E-state index in [0.29, 0.717) is 23.6 Å². The first kappa shape index (κ1) is 14.7. The fourth-order valence-corrected chi connectivity index (χ4v) is 2.48. The van der Waals surface area contributed by atoms with Crippen molar-refractivity contribution in [2.45, 2.75) is 13.8 Å². The molecule has 1 aromatic carbocycles. The van der Waals surface area contributed by atoms with Crippen LogP contribution in [0.25, 0.3) is 0 Å². The Labute approximate surface area is 120 Å². The molecule has 20 heavy (non-hydrogen) atoms. The molecule has 1 saturated heterocycles. The molecule has 2 rings (SSSR count). The third-order valence-corrected chi connectivity index (χ3v) is 3.68. The molecule has 0 bridgehead atoms. The zero-order valence-corrected chi connectivity index (χ0v) is 12.3. The lowest BCUT2D eigenvalue weighted by atomic mass is 10.1. The van der Waals surface area contributed by atoms with Gasteiger partial charge in [-0.15, -0.1) is 0 Å². The second-order valence-corrected chi connectivity index (χ2v) is 4.88. The average molecular weight is 277 g/mol. The van der Waals surface area contributed by atoms with Gasteiger partial charge in [0.15, 0.2) is 0 Å². The highest BCUT2D eigenvalue weighted by atomic mass is 16.5. The van der Waals surface area contributed by atoms with Gasteiger partial charge >= 0.3 is 0 Å². The topological polar surface area (TPSA) is 58.8 Å². The molecule has 110 valence electrons. The number of amides is 1. The Bertz CT molecular complexity index is 468. The molecule has 0 radical (unpaired) electrons. The van der Waals surface area contributed by atoms with Gasteiger partial charge in [0.25, 0.3) is 5.91 Å². The number of benzene rings is 1. The lowest BCUT2D eigenvalue weighted by Gasteiger charge is -2.34. The molecule has 1 aliphatic rings. The number of anilines is 1. The lowest BCUT2D eigenvalue weighted by molar-refractivity contribution is 0.0640. The number of carbonyl (C=O) groups excluding carboxylic acids is 1. The quantitative estimate of drug-likeness (QED) is 0.846. The van der Waals surface area contributed by atoms with E-state index in [-0.39, 0.29) is 5.91 Å². The Balaban J connectivity index is 2.17. The molecule has 2 N–H and O–H groups in total. The van der Waals surface area contributed by atoms with Crippen molar-refractivity contribution in [1.29, 1.82) is 0 Å². The Kier molecular flexibility index (Phi) is 4.84. The van der Waals surface area contributed by atoms with Crippen LogP contribution in [0.3, 0.4) is 0 Å². The predicted octanol–water partition coefficient (Wildman–Crippen LogP) is 1.45. The minimum absolute atomic E-state index is 0.0256. The van der Waals surface area contributed by atoms with Gasteiger partial charge in [0.1, 0.15) is 11.3 Å². The van der Waals surface area contributed by atoms with Crippen molar-refractivity contribution in [2.24, 2.45) is 0 Å². The van der Waals surface area contributed by atoms with Crippen LogP contribution < -0.4 is 10.5 Å². The van der Waals surface area contributed by atoms with Crippen molar-refractivity contribution in [3.05, 3.63) is 23.8 Å². The summed E-state index contributed by atoms with van der Waals surface area (Å²) in [5, 5.41) is 0. The minimum atomic E-state index is -0.0256. The predicted molar refractivity (Wildman–Crippen MR) is 80.0 cm³/mol. The van der Waals surface area contributed by atoms with Crippen LogP contribution in [0.4, 0.5) is 5.69 Å². The van der Waals surface area contributed by atoms with Crippen molar-refractivity contribution in [3.63, 3.8) is 0 Å². The molecular weight excluding hydrogens is 254 g/mol. The second kappa shape index (κ2) is 6.61. The first-order chi connectivity index (χ1) is 9.67. The van der Waals surface area contributed by atoms with Crippen LogP contribution in [0.5, 0.6) is 5.75 Å². The number of piperazine rings is 1. The highest BCUT2D eigenvalue weighted by molar-refractivity contribution is 6.01. The number of rotatable bonds is 4. The number of carbonyl (C=O) groups is 1. The Morgan fingerprint density at radius 2 is 1.95 bits per heavy atom. The second-order valence-electron chi connectivity index (χ2n) is 4.88. The van der Waals surface area contributed by atoms with Crippen molar-refractivity contribution in [2.75, 3.05) is 45.1 Å². The molecule has 1 aliphatic heterocycles. The third kappa shape index (κ3) is 3.04. The summed E-state index contributed by atoms with van der Waals surface area (Å²) in [5.41, 5.74) is 6.96. The van der Waals surface area contributed by atoms with Gasteiger partial charge in [0.05, 0.1) is 6.61 Å². The first-order valence-corrected chi connectivity index (χ1v) is 7.20. The number of hydrogen-bond donors (Lipinski definition) is 1. The summed E-state index contributed by atoms with van der Waals surface area (Å²) < 4.78 is 5.53. The van der Waals surface area contributed by atoms with Gasteiger partial charge in [0.2, 0.25) is 0 Å². The Morgan fingerprint density at radius 3 is 2.55 bits per heavy atom. The van der Waals surface area contributed by atoms with Crippen LogP contribution in [-0.4, -0.2) is 55.0 Å². The van der Waals surface area contributed by atoms with Gasteiger partial charge in [-0.1, -0.05) is 13.0 Å². The molecule has 1 fully saturated rings. The fraction of sp³-hybridized carbons (Fsp3) is 0.533. The molecule has 1 aromatic rings. The molecule has 0 saturated carbocycles. The first-order valence-electron chi connectivity index (χ1n) is 7.20. The van der Waals surface area contributed by atoms with Gasteiger partial charge < -0.3 is 20.3 Å². The SMILES string of the molecule is CCOc1cccc(N)c1C(=O)N1CCN(CC)CC1. The maximum atomic E-state index is 12.7. The van der Waals surface area contributed by atoms with Crippen molar-refractivity contribution in [3.8, 4) is 5.75 Å². The number of nitrogen functional groups attached to an aromatic ring is 1. The van der Waals surface area contributed by atoms with E-state index in [9.17, 15) is 4.79 Å². The van der Waals surface area contributed by atoms with E-state index in [1.165, 1.54) is 0 Å². The lowest BCUT2D eigenvalue weighted by Crippen LogP contribution is -2.48. The summed E-state index contributed by atoms with van der Waals surface area (Å²) in [4.78, 5) is 16.9. The fourth-order valence-electron chi connectivity index (χ4n) is 2.48. The van der Waals surface area contributed by atoms with Gasteiger partial charge in [-0.25, -0.2) is 0 Å². The monoisotopic (exact) mass is 277 g/mol. The highest BCUT2D eigenvalue weighted by Gasteiger charge is 2.25. The van der Waals surface area contributed by atoms with E-state index in [1.54, 1.807) is 12.1 Å². The number of likely N-dealkylation sites (N-methyl/N-ethyl adjacent to an activating group) is 1. The zero-order chi connectivity index (χ0) is 14.5. The summed E-state index contributed by atoms with van der Waals surface area (Å²) in [6.07, 6.45) is 0. The zero-order valence-electron chi connectivity index (χ0n) is 12.3. The normalized spacial score (nSPS) is 16.2. The van der Waals surface area contributed by atoms with Crippen LogP contribution in [0.1, 0.15) is 24.2 Å². The number of hydrogen-bond acceptors (Lipinski definition) is 4. The van der Waals surface area contributed by atoms with Gasteiger partial charge in [-0.05, 0) is 25.6 Å². The Hall–Kier alpha value is -1.75. The standard InChI is InChI=1S/C15H23N3O2/c1-3-17-8-10-18(11-9-17)15(19)14-12(16)6-5-7-13(14)20-4-2/h5-7H,3-4,8-11,16H2,1-2H3. The molecule has 5 heteroatoms. The van der Waals surface area contributed by atoms with Crippen molar-refractivity contribution >= 4 is 11.6 Å². The Morgan fingerprint density at radius 1 is 1.25 bits per heavy atom. The summed E-state index contributed by atoms with van der Waals surface area (Å²) in [6, 6.07) is 5.36. The van der Waals surface area contributed by atoms with E-state index < -0.39 is 0 Å². The molecule has 0 atom stereocenters. The molecule has 0 aromatic heterocycles. The highest BCUT2D eigenvalue weighted by Crippen LogP contribution is 2.26. The van der Waals surface area contributed by atoms with Crippen molar-refractivity contribution < 1.29 is 9.53 Å². The van der Waals surface area contributed by atoms with Crippen LogP contribution in [0.2, 0.25) is 0 Å². The summed E-state index contributed by atoms with van der Waals surface area (Å²) in [6.45, 7) is 8.90. The molecule has 0 aliphatic carbocycles. The van der Waals surface area contributed by atoms with Crippen LogP contribution >= 0.6 is 0 Å². The number of nitrogens with two attached hydrogens (primary N) is 1. The van der Waals surface area contributed by atoms with Gasteiger partial charge in [0, 0.05) is 31.9 Å². The van der Waals surface area contributed by atoms with Gasteiger partial charge in [-0.3, -0.25) is 4.79 Å². The van der Waals surface area contributed by atoms with Gasteiger partial charge in [-0.2, -0.15) is 0 Å². The maximum absolute atomic E-state index is 12.7. The van der Waals surface area contributed by atoms with Crippen molar-refractivity contribution in [1.82, 2.24) is 9.80 Å². The smallest absolute Gasteiger partial charge is 0.259 e. The summed E-state index contributed by atoms with van der Waals surface area (Å²) >= 11 is 0. The minimum Gasteiger partial charge on any atom is -0.493 e. The molecular formula is C15H23N3O2. The molecule has 0 unspecified atom stereocenters. The van der Waals surface area contributed by atoms with E-state index >= 15 is 0 Å². The molecule has 0 spiro atoms. The average Bonchev–Trinajstić information content (AvgIpc) is 2.47. The maximum Gasteiger partial charge on any atom is 0.259 e. The largest absolute Gasteiger partial charge is 0.493 e. The number of nitrogens with zero attached hydrogens (tertiary/aromatic N) is 2. The summed E-state index contributed by atoms with van der Waals surface area (Å²) in [7, 11) is 0. The third-order valence-electron chi connectivity index (χ3n) is 3.68. The number of ether oxygens (including phenoxy) is 1. The molecule has 1 amide bonds. The van der Waals surface area contributed by atoms with E-state index in [0.717, 1.165) is 32.7 Å².